The highest BCUT2D eigenvalue weighted by atomic mass is 32.2. The van der Waals surface area contributed by atoms with Crippen LogP contribution in [0.3, 0.4) is 0 Å². The van der Waals surface area contributed by atoms with Gasteiger partial charge in [-0.2, -0.15) is 0 Å². The first-order valence-electron chi connectivity index (χ1n) is 6.81. The summed E-state index contributed by atoms with van der Waals surface area (Å²) in [5, 5.41) is 0. The van der Waals surface area contributed by atoms with Crippen molar-refractivity contribution in [2.75, 3.05) is 12.9 Å². The Labute approximate surface area is 127 Å². The van der Waals surface area contributed by atoms with E-state index in [4.69, 9.17) is 4.74 Å². The van der Waals surface area contributed by atoms with E-state index in [1.807, 2.05) is 30.3 Å². The van der Waals surface area contributed by atoms with Gasteiger partial charge in [0.1, 0.15) is 5.75 Å². The molecule has 0 spiro atoms. The molecule has 0 saturated heterocycles. The molecule has 1 atom stereocenters. The lowest BCUT2D eigenvalue weighted by molar-refractivity contribution is 0.0982. The van der Waals surface area contributed by atoms with Crippen LogP contribution in [0.5, 0.6) is 5.75 Å². The Morgan fingerprint density at radius 1 is 1.05 bits per heavy atom. The molecule has 21 heavy (non-hydrogen) atoms. The van der Waals surface area contributed by atoms with Crippen LogP contribution in [0.25, 0.3) is 0 Å². The van der Waals surface area contributed by atoms with Crippen molar-refractivity contribution in [2.24, 2.45) is 0 Å². The zero-order chi connectivity index (χ0) is 15.1. The van der Waals surface area contributed by atoms with E-state index >= 15 is 0 Å². The van der Waals surface area contributed by atoms with Gasteiger partial charge in [0.2, 0.25) is 0 Å². The van der Waals surface area contributed by atoms with Crippen molar-refractivity contribution in [3.63, 3.8) is 0 Å². The first-order chi connectivity index (χ1) is 10.2. The zero-order valence-electron chi connectivity index (χ0n) is 12.0. The average molecular weight is 302 g/mol. The van der Waals surface area contributed by atoms with Gasteiger partial charge in [0.05, 0.1) is 17.9 Å². The summed E-state index contributed by atoms with van der Waals surface area (Å²) in [5.74, 6) is 1.34. The van der Waals surface area contributed by atoms with E-state index in [9.17, 15) is 9.00 Å². The first-order valence-corrected chi connectivity index (χ1v) is 8.13. The number of ether oxygens (including phenoxy) is 1. The summed E-state index contributed by atoms with van der Waals surface area (Å²) in [7, 11) is 0.524. The van der Waals surface area contributed by atoms with Crippen LogP contribution in [0.15, 0.2) is 59.5 Å². The highest BCUT2D eigenvalue weighted by molar-refractivity contribution is 7.85. The maximum absolute atomic E-state index is 12.1. The normalized spacial score (nSPS) is 11.9. The van der Waals surface area contributed by atoms with Crippen molar-refractivity contribution >= 4 is 16.6 Å². The minimum atomic E-state index is -1.07. The molecule has 110 valence electrons. The maximum atomic E-state index is 12.1. The molecule has 0 bridgehead atoms. The predicted molar refractivity (Wildman–Crippen MR) is 84.3 cm³/mol. The summed E-state index contributed by atoms with van der Waals surface area (Å²) in [6.07, 6.45) is 1.04. The number of ketones is 1. The molecular weight excluding hydrogens is 284 g/mol. The van der Waals surface area contributed by atoms with Crippen molar-refractivity contribution in [1.82, 2.24) is 0 Å². The molecule has 4 heteroatoms. The molecule has 2 rings (SSSR count). The Morgan fingerprint density at radius 2 is 1.71 bits per heavy atom. The Hall–Kier alpha value is -1.94. The Balaban J connectivity index is 1.82. The van der Waals surface area contributed by atoms with Crippen molar-refractivity contribution in [1.29, 1.82) is 0 Å². The fraction of sp³-hybridized carbons (Fsp3) is 0.235. The van der Waals surface area contributed by atoms with E-state index in [1.54, 1.807) is 31.4 Å². The third-order valence-electron chi connectivity index (χ3n) is 3.15. The van der Waals surface area contributed by atoms with Gasteiger partial charge < -0.3 is 4.74 Å². The monoisotopic (exact) mass is 302 g/mol. The largest absolute Gasteiger partial charge is 0.497 e. The van der Waals surface area contributed by atoms with Gasteiger partial charge in [-0.15, -0.1) is 0 Å². The summed E-state index contributed by atoms with van der Waals surface area (Å²) in [6.45, 7) is 0. The molecule has 0 aliphatic carbocycles. The second-order valence-electron chi connectivity index (χ2n) is 4.62. The van der Waals surface area contributed by atoms with Crippen LogP contribution in [-0.2, 0) is 10.8 Å². The molecule has 2 aromatic carbocycles. The lowest BCUT2D eigenvalue weighted by atomic mass is 10.1. The summed E-state index contributed by atoms with van der Waals surface area (Å²) < 4.78 is 17.2. The second kappa shape index (κ2) is 7.74. The third-order valence-corrected chi connectivity index (χ3v) is 4.61. The number of benzene rings is 2. The number of Topliss-reactive ketones (excluding diaryl/α,β-unsaturated/α-hetero) is 1. The van der Waals surface area contributed by atoms with E-state index in [1.165, 1.54) is 0 Å². The van der Waals surface area contributed by atoms with E-state index in [-0.39, 0.29) is 5.78 Å². The standard InChI is InChI=1S/C17H18O3S/c1-20-15-9-11-16(12-10-15)21(19)13-5-8-17(18)14-6-3-2-4-7-14/h2-4,6-7,9-12H,5,8,13H2,1H3. The molecule has 0 saturated carbocycles. The molecule has 3 nitrogen and oxygen atoms in total. The zero-order valence-corrected chi connectivity index (χ0v) is 12.8. The average Bonchev–Trinajstić information content (AvgIpc) is 2.55. The smallest absolute Gasteiger partial charge is 0.162 e. The van der Waals surface area contributed by atoms with Crippen molar-refractivity contribution < 1.29 is 13.7 Å². The number of hydrogen-bond donors (Lipinski definition) is 0. The van der Waals surface area contributed by atoms with Gasteiger partial charge in [-0.25, -0.2) is 0 Å². The number of carbonyl (C=O) groups is 1. The van der Waals surface area contributed by atoms with Gasteiger partial charge in [-0.05, 0) is 30.7 Å². The maximum Gasteiger partial charge on any atom is 0.162 e. The van der Waals surface area contributed by atoms with Gasteiger partial charge in [0.15, 0.2) is 5.78 Å². The van der Waals surface area contributed by atoms with E-state index in [2.05, 4.69) is 0 Å². The fourth-order valence-electron chi connectivity index (χ4n) is 1.98. The summed E-state index contributed by atoms with van der Waals surface area (Å²) in [5.41, 5.74) is 0.715. The number of hydrogen-bond acceptors (Lipinski definition) is 3. The van der Waals surface area contributed by atoms with Crippen LogP contribution in [0.2, 0.25) is 0 Å². The summed E-state index contributed by atoms with van der Waals surface area (Å²) in [4.78, 5) is 12.7. The molecule has 0 fully saturated rings. The number of methoxy groups -OCH3 is 1. The molecule has 0 aliphatic rings. The van der Waals surface area contributed by atoms with Crippen LogP contribution in [0, 0.1) is 0 Å². The quantitative estimate of drug-likeness (QED) is 0.736. The SMILES string of the molecule is COc1ccc(S(=O)CCCC(=O)c2ccccc2)cc1. The fourth-order valence-corrected chi connectivity index (χ4v) is 3.06. The minimum absolute atomic E-state index is 0.0994. The van der Waals surface area contributed by atoms with Gasteiger partial charge >= 0.3 is 0 Å². The highest BCUT2D eigenvalue weighted by Gasteiger charge is 2.08. The van der Waals surface area contributed by atoms with E-state index in [0.29, 0.717) is 24.2 Å². The van der Waals surface area contributed by atoms with Crippen molar-refractivity contribution in [3.8, 4) is 5.75 Å². The van der Waals surface area contributed by atoms with Crippen molar-refractivity contribution in [2.45, 2.75) is 17.7 Å². The predicted octanol–water partition coefficient (Wildman–Crippen LogP) is 3.47. The summed E-state index contributed by atoms with van der Waals surface area (Å²) >= 11 is 0. The van der Waals surface area contributed by atoms with Gasteiger partial charge in [0.25, 0.3) is 0 Å². The van der Waals surface area contributed by atoms with Crippen LogP contribution in [-0.4, -0.2) is 22.9 Å². The summed E-state index contributed by atoms with van der Waals surface area (Å²) in [6, 6.07) is 16.4. The minimum Gasteiger partial charge on any atom is -0.497 e. The van der Waals surface area contributed by atoms with Crippen LogP contribution in [0.4, 0.5) is 0 Å². The van der Waals surface area contributed by atoms with Crippen LogP contribution in [0.1, 0.15) is 23.2 Å². The Bertz CT molecular complexity index is 606. The third kappa shape index (κ3) is 4.53. The molecule has 0 heterocycles. The first kappa shape index (κ1) is 15.4. The molecule has 0 aliphatic heterocycles. The van der Waals surface area contributed by atoms with E-state index in [0.717, 1.165) is 10.6 Å². The lowest BCUT2D eigenvalue weighted by Gasteiger charge is -2.04. The molecule has 1 unspecified atom stereocenters. The highest BCUT2D eigenvalue weighted by Crippen LogP contribution is 2.15. The Morgan fingerprint density at radius 3 is 2.33 bits per heavy atom. The van der Waals surface area contributed by atoms with Crippen LogP contribution < -0.4 is 4.74 Å². The molecule has 0 radical (unpaired) electrons. The lowest BCUT2D eigenvalue weighted by Crippen LogP contribution is -2.03. The van der Waals surface area contributed by atoms with Gasteiger partial charge in [-0.1, -0.05) is 30.3 Å². The topological polar surface area (TPSA) is 43.4 Å². The number of carbonyl (C=O) groups excluding carboxylic acids is 1. The molecule has 0 amide bonds. The van der Waals surface area contributed by atoms with Crippen molar-refractivity contribution in [3.05, 3.63) is 60.2 Å². The van der Waals surface area contributed by atoms with Crippen LogP contribution >= 0.6 is 0 Å². The Kier molecular flexibility index (Phi) is 5.69. The molecule has 2 aromatic rings. The van der Waals surface area contributed by atoms with E-state index < -0.39 is 10.8 Å². The van der Waals surface area contributed by atoms with Gasteiger partial charge in [0, 0.05) is 22.6 Å². The second-order valence-corrected chi connectivity index (χ2v) is 6.19. The van der Waals surface area contributed by atoms with Gasteiger partial charge in [-0.3, -0.25) is 9.00 Å². The molecule has 0 N–H and O–H groups in total. The molecular formula is C17H18O3S. The number of rotatable bonds is 7. The molecule has 0 aromatic heterocycles.